The second kappa shape index (κ2) is 9.32. The molecule has 0 aliphatic rings. The van der Waals surface area contributed by atoms with Gasteiger partial charge in [-0.1, -0.05) is 53.1 Å². The molecule has 3 aromatic rings. The van der Waals surface area contributed by atoms with E-state index in [1.165, 1.54) is 16.7 Å². The van der Waals surface area contributed by atoms with Crippen molar-refractivity contribution in [1.82, 2.24) is 0 Å². The maximum Gasteiger partial charge on any atom is 0.530 e. The average Bonchev–Trinajstić information content (AvgIpc) is 2.63. The van der Waals surface area contributed by atoms with E-state index in [1.54, 1.807) is 0 Å². The van der Waals surface area contributed by atoms with E-state index in [-0.39, 0.29) is 0 Å². The molecule has 3 aromatic carbocycles. The molecule has 0 unspecified atom stereocenters. The highest BCUT2D eigenvalue weighted by molar-refractivity contribution is 7.43. The highest BCUT2D eigenvalue weighted by Crippen LogP contribution is 2.47. The number of hydrogen-bond acceptors (Lipinski definition) is 3. The first-order valence-electron chi connectivity index (χ1n) is 10.6. The molecular weight excluding hydrogens is 403 g/mol. The van der Waals surface area contributed by atoms with Gasteiger partial charge in [0, 0.05) is 0 Å². The van der Waals surface area contributed by atoms with Crippen LogP contribution in [0.2, 0.25) is 0 Å². The Labute approximate surface area is 188 Å². The van der Waals surface area contributed by atoms with E-state index in [2.05, 4.69) is 98.7 Å². The molecular formula is C27H33O3P. The topological polar surface area (TPSA) is 27.7 Å². The average molecular weight is 437 g/mol. The SMILES string of the molecule is Cc1cc(C)c(OP(Oc2c(C)cc(C)cc2C)Oc2c(C)cc(C)cc2C)c(C)c1. The molecule has 0 N–H and O–H groups in total. The molecule has 0 aromatic heterocycles. The van der Waals surface area contributed by atoms with Crippen molar-refractivity contribution >= 4 is 8.60 Å². The van der Waals surface area contributed by atoms with Crippen LogP contribution in [0.25, 0.3) is 0 Å². The number of rotatable bonds is 6. The smallest absolute Gasteiger partial charge is 0.408 e. The van der Waals surface area contributed by atoms with E-state index in [1.807, 2.05) is 0 Å². The van der Waals surface area contributed by atoms with Crippen molar-refractivity contribution < 1.29 is 13.6 Å². The third-order valence-corrected chi connectivity index (χ3v) is 6.31. The quantitative estimate of drug-likeness (QED) is 0.364. The van der Waals surface area contributed by atoms with Crippen LogP contribution in [-0.2, 0) is 0 Å². The maximum absolute atomic E-state index is 6.44. The molecule has 3 rings (SSSR count). The van der Waals surface area contributed by atoms with E-state index in [9.17, 15) is 0 Å². The molecule has 0 heterocycles. The summed E-state index contributed by atoms with van der Waals surface area (Å²) >= 11 is 0. The molecule has 4 heteroatoms. The molecule has 0 atom stereocenters. The molecule has 31 heavy (non-hydrogen) atoms. The van der Waals surface area contributed by atoms with Gasteiger partial charge in [-0.2, -0.15) is 0 Å². The lowest BCUT2D eigenvalue weighted by molar-refractivity contribution is 0.381. The molecule has 164 valence electrons. The van der Waals surface area contributed by atoms with E-state index in [0.717, 1.165) is 50.6 Å². The van der Waals surface area contributed by atoms with E-state index >= 15 is 0 Å². The van der Waals surface area contributed by atoms with Crippen LogP contribution in [0.1, 0.15) is 50.1 Å². The lowest BCUT2D eigenvalue weighted by Crippen LogP contribution is -2.07. The molecule has 0 saturated heterocycles. The van der Waals surface area contributed by atoms with Crippen molar-refractivity contribution in [3.8, 4) is 17.2 Å². The first kappa shape index (κ1) is 23.2. The van der Waals surface area contributed by atoms with Crippen molar-refractivity contribution in [2.45, 2.75) is 62.3 Å². The maximum atomic E-state index is 6.44. The Morgan fingerprint density at radius 2 is 0.581 bits per heavy atom. The van der Waals surface area contributed by atoms with Crippen LogP contribution in [0, 0.1) is 62.3 Å². The summed E-state index contributed by atoms with van der Waals surface area (Å²) in [5.41, 5.74) is 10.1. The summed E-state index contributed by atoms with van der Waals surface area (Å²) in [5, 5.41) is 0. The number of benzene rings is 3. The zero-order chi connectivity index (χ0) is 22.9. The lowest BCUT2D eigenvalue weighted by atomic mass is 10.1. The molecule has 0 aliphatic heterocycles. The first-order chi connectivity index (χ1) is 14.5. The zero-order valence-electron chi connectivity index (χ0n) is 20.1. The highest BCUT2D eigenvalue weighted by atomic mass is 31.2. The lowest BCUT2D eigenvalue weighted by Gasteiger charge is -2.23. The molecule has 3 nitrogen and oxygen atoms in total. The van der Waals surface area contributed by atoms with Crippen molar-refractivity contribution in [3.05, 3.63) is 86.5 Å². The van der Waals surface area contributed by atoms with Gasteiger partial charge in [-0.25, -0.2) is 0 Å². The fourth-order valence-corrected chi connectivity index (χ4v) is 5.63. The van der Waals surface area contributed by atoms with Gasteiger partial charge in [-0.15, -0.1) is 0 Å². The van der Waals surface area contributed by atoms with Gasteiger partial charge in [0.25, 0.3) is 0 Å². The standard InChI is InChI=1S/C27H33O3P/c1-16-10-19(4)25(20(5)11-16)28-31(29-26-21(6)12-17(2)13-22(26)7)30-27-23(8)14-18(3)15-24(27)9/h10-15H,1-9H3. The van der Waals surface area contributed by atoms with Crippen LogP contribution in [0.15, 0.2) is 36.4 Å². The fraction of sp³-hybridized carbons (Fsp3) is 0.333. The predicted molar refractivity (Wildman–Crippen MR) is 131 cm³/mol. The van der Waals surface area contributed by atoms with E-state index < -0.39 is 8.60 Å². The zero-order valence-corrected chi connectivity index (χ0v) is 21.0. The molecule has 0 amide bonds. The Hall–Kier alpha value is -2.51. The normalized spacial score (nSPS) is 11.0. The monoisotopic (exact) mass is 436 g/mol. The third-order valence-electron chi connectivity index (χ3n) is 5.31. The van der Waals surface area contributed by atoms with Crippen LogP contribution in [0.5, 0.6) is 17.2 Å². The van der Waals surface area contributed by atoms with Crippen LogP contribution in [-0.4, -0.2) is 0 Å². The Balaban J connectivity index is 2.02. The van der Waals surface area contributed by atoms with Gasteiger partial charge in [0.05, 0.1) is 0 Å². The minimum Gasteiger partial charge on any atom is -0.408 e. The molecule has 0 radical (unpaired) electrons. The van der Waals surface area contributed by atoms with Crippen molar-refractivity contribution in [3.63, 3.8) is 0 Å². The molecule has 0 fully saturated rings. The minimum absolute atomic E-state index is 0.821. The second-order valence-electron chi connectivity index (χ2n) is 8.68. The van der Waals surface area contributed by atoms with Crippen LogP contribution in [0.4, 0.5) is 0 Å². The van der Waals surface area contributed by atoms with Gasteiger partial charge < -0.3 is 13.6 Å². The summed E-state index contributed by atoms with van der Waals surface area (Å²) in [7, 11) is -1.72. The van der Waals surface area contributed by atoms with E-state index in [0.29, 0.717) is 0 Å². The second-order valence-corrected chi connectivity index (χ2v) is 9.68. The van der Waals surface area contributed by atoms with E-state index in [4.69, 9.17) is 13.6 Å². The summed E-state index contributed by atoms with van der Waals surface area (Å²) in [5.74, 6) is 2.46. The summed E-state index contributed by atoms with van der Waals surface area (Å²) in [6.07, 6.45) is 0. The van der Waals surface area contributed by atoms with Gasteiger partial charge in [0.15, 0.2) is 0 Å². The Morgan fingerprint density at radius 1 is 0.387 bits per heavy atom. The highest BCUT2D eigenvalue weighted by Gasteiger charge is 2.25. The van der Waals surface area contributed by atoms with Gasteiger partial charge in [-0.05, 0) is 95.7 Å². The molecule has 0 saturated carbocycles. The van der Waals surface area contributed by atoms with Crippen molar-refractivity contribution in [1.29, 1.82) is 0 Å². The van der Waals surface area contributed by atoms with Crippen LogP contribution in [0.3, 0.4) is 0 Å². The summed E-state index contributed by atoms with van der Waals surface area (Å²) in [6, 6.07) is 12.8. The van der Waals surface area contributed by atoms with Crippen molar-refractivity contribution in [2.75, 3.05) is 0 Å². The Bertz CT molecular complexity index is 907. The summed E-state index contributed by atoms with van der Waals surface area (Å²) in [4.78, 5) is 0. The van der Waals surface area contributed by atoms with Gasteiger partial charge in [0.2, 0.25) is 0 Å². The number of aryl methyl sites for hydroxylation is 9. The first-order valence-corrected chi connectivity index (χ1v) is 11.7. The number of hydrogen-bond donors (Lipinski definition) is 0. The minimum atomic E-state index is -1.72. The molecule has 0 spiro atoms. The Morgan fingerprint density at radius 3 is 0.774 bits per heavy atom. The fourth-order valence-electron chi connectivity index (χ4n) is 4.21. The summed E-state index contributed by atoms with van der Waals surface area (Å²) < 4.78 is 19.3. The van der Waals surface area contributed by atoms with Gasteiger partial charge in [0.1, 0.15) is 17.2 Å². The van der Waals surface area contributed by atoms with Crippen molar-refractivity contribution in [2.24, 2.45) is 0 Å². The van der Waals surface area contributed by atoms with Crippen LogP contribution < -0.4 is 13.6 Å². The van der Waals surface area contributed by atoms with Crippen LogP contribution >= 0.6 is 8.60 Å². The summed E-state index contributed by atoms with van der Waals surface area (Å²) in [6.45, 7) is 18.7. The third kappa shape index (κ3) is 5.40. The van der Waals surface area contributed by atoms with Gasteiger partial charge in [-0.3, -0.25) is 0 Å². The predicted octanol–water partition coefficient (Wildman–Crippen LogP) is 8.23. The molecule has 0 aliphatic carbocycles. The Kier molecular flexibility index (Phi) is 6.96. The van der Waals surface area contributed by atoms with Gasteiger partial charge >= 0.3 is 8.60 Å². The molecule has 0 bridgehead atoms. The largest absolute Gasteiger partial charge is 0.530 e.